The standard InChI is InChI=1S/C13H18N2O/c1-8-4-5-12-10(6-8)9(2)13(15(12)3)11(14)7-16/h4-6,11,16H,7,14H2,1-3H3. The molecule has 0 radical (unpaired) electrons. The predicted octanol–water partition coefficient (Wildman–Crippen LogP) is 1.79. The van der Waals surface area contributed by atoms with Gasteiger partial charge in [0.25, 0.3) is 0 Å². The number of aliphatic hydroxyl groups is 1. The van der Waals surface area contributed by atoms with Gasteiger partial charge in [-0.3, -0.25) is 0 Å². The lowest BCUT2D eigenvalue weighted by Gasteiger charge is -2.11. The number of aliphatic hydroxyl groups excluding tert-OH is 1. The van der Waals surface area contributed by atoms with Crippen LogP contribution < -0.4 is 5.73 Å². The van der Waals surface area contributed by atoms with Gasteiger partial charge in [0.15, 0.2) is 0 Å². The lowest BCUT2D eigenvalue weighted by Crippen LogP contribution is -2.18. The molecule has 1 aromatic carbocycles. The quantitative estimate of drug-likeness (QED) is 0.807. The van der Waals surface area contributed by atoms with E-state index >= 15 is 0 Å². The zero-order chi connectivity index (χ0) is 11.9. The molecule has 0 aliphatic rings. The van der Waals surface area contributed by atoms with Crippen molar-refractivity contribution in [2.45, 2.75) is 19.9 Å². The molecule has 1 heterocycles. The Morgan fingerprint density at radius 1 is 1.38 bits per heavy atom. The Bertz CT molecular complexity index is 528. The van der Waals surface area contributed by atoms with Crippen LogP contribution in [0.4, 0.5) is 0 Å². The Kier molecular flexibility index (Phi) is 2.74. The van der Waals surface area contributed by atoms with Crippen molar-refractivity contribution in [1.29, 1.82) is 0 Å². The molecule has 2 aromatic rings. The van der Waals surface area contributed by atoms with Gasteiger partial charge < -0.3 is 15.4 Å². The van der Waals surface area contributed by atoms with Gasteiger partial charge in [-0.15, -0.1) is 0 Å². The minimum Gasteiger partial charge on any atom is -0.394 e. The molecule has 1 aromatic heterocycles. The first-order valence-electron chi connectivity index (χ1n) is 5.48. The summed E-state index contributed by atoms with van der Waals surface area (Å²) in [5.74, 6) is 0. The zero-order valence-electron chi connectivity index (χ0n) is 9.99. The number of hydrogen-bond donors (Lipinski definition) is 2. The molecule has 3 N–H and O–H groups in total. The van der Waals surface area contributed by atoms with Gasteiger partial charge in [-0.1, -0.05) is 11.6 Å². The van der Waals surface area contributed by atoms with Crippen LogP contribution in [0, 0.1) is 13.8 Å². The normalized spacial score (nSPS) is 13.3. The van der Waals surface area contributed by atoms with Crippen molar-refractivity contribution < 1.29 is 5.11 Å². The molecular weight excluding hydrogens is 200 g/mol. The summed E-state index contributed by atoms with van der Waals surface area (Å²) in [6, 6.07) is 6.05. The Morgan fingerprint density at radius 2 is 2.06 bits per heavy atom. The SMILES string of the molecule is Cc1ccc2c(c1)c(C)c(C(N)CO)n2C. The van der Waals surface area contributed by atoms with Gasteiger partial charge in [-0.05, 0) is 31.5 Å². The van der Waals surface area contributed by atoms with Crippen LogP contribution in [-0.2, 0) is 7.05 Å². The highest BCUT2D eigenvalue weighted by Gasteiger charge is 2.16. The fourth-order valence-corrected chi connectivity index (χ4v) is 2.38. The van der Waals surface area contributed by atoms with Gasteiger partial charge in [0.1, 0.15) is 0 Å². The number of benzene rings is 1. The molecule has 0 spiro atoms. The molecule has 0 fully saturated rings. The van der Waals surface area contributed by atoms with Crippen LogP contribution in [0.3, 0.4) is 0 Å². The van der Waals surface area contributed by atoms with E-state index in [1.165, 1.54) is 22.0 Å². The number of fused-ring (bicyclic) bond motifs is 1. The Morgan fingerprint density at radius 3 is 2.69 bits per heavy atom. The first kappa shape index (κ1) is 11.2. The largest absolute Gasteiger partial charge is 0.394 e. The molecule has 2 rings (SSSR count). The number of aromatic nitrogens is 1. The van der Waals surface area contributed by atoms with Crippen molar-refractivity contribution in [1.82, 2.24) is 4.57 Å². The molecule has 3 heteroatoms. The van der Waals surface area contributed by atoms with Crippen LogP contribution >= 0.6 is 0 Å². The molecule has 86 valence electrons. The van der Waals surface area contributed by atoms with E-state index in [1.807, 2.05) is 7.05 Å². The van der Waals surface area contributed by atoms with Crippen LogP contribution in [0.15, 0.2) is 18.2 Å². The van der Waals surface area contributed by atoms with E-state index in [2.05, 4.69) is 36.6 Å². The topological polar surface area (TPSA) is 51.2 Å². The van der Waals surface area contributed by atoms with Gasteiger partial charge in [0, 0.05) is 23.6 Å². The first-order chi connectivity index (χ1) is 7.56. The maximum absolute atomic E-state index is 9.18. The highest BCUT2D eigenvalue weighted by Crippen LogP contribution is 2.28. The number of hydrogen-bond acceptors (Lipinski definition) is 2. The highest BCUT2D eigenvalue weighted by molar-refractivity contribution is 5.86. The molecule has 1 unspecified atom stereocenters. The lowest BCUT2D eigenvalue weighted by molar-refractivity contribution is 0.264. The maximum Gasteiger partial charge on any atom is 0.0687 e. The molecule has 16 heavy (non-hydrogen) atoms. The van der Waals surface area contributed by atoms with Crippen molar-refractivity contribution in [2.24, 2.45) is 12.8 Å². The molecule has 0 saturated carbocycles. The molecule has 1 atom stereocenters. The molecule has 0 aliphatic carbocycles. The Hall–Kier alpha value is -1.32. The van der Waals surface area contributed by atoms with Crippen LogP contribution in [0.1, 0.15) is 22.9 Å². The molecule has 3 nitrogen and oxygen atoms in total. The minimum absolute atomic E-state index is 0.0238. The van der Waals surface area contributed by atoms with Crippen LogP contribution in [-0.4, -0.2) is 16.3 Å². The minimum atomic E-state index is -0.308. The van der Waals surface area contributed by atoms with E-state index in [1.54, 1.807) is 0 Å². The van der Waals surface area contributed by atoms with E-state index in [-0.39, 0.29) is 12.6 Å². The summed E-state index contributed by atoms with van der Waals surface area (Å²) in [6.45, 7) is 4.12. The maximum atomic E-state index is 9.18. The molecular formula is C13H18N2O. The van der Waals surface area contributed by atoms with Gasteiger partial charge in [-0.25, -0.2) is 0 Å². The summed E-state index contributed by atoms with van der Waals surface area (Å²) in [5.41, 5.74) is 10.5. The van der Waals surface area contributed by atoms with Crippen molar-refractivity contribution in [3.63, 3.8) is 0 Å². The van der Waals surface area contributed by atoms with E-state index in [0.29, 0.717) is 0 Å². The fourth-order valence-electron chi connectivity index (χ4n) is 2.38. The lowest BCUT2D eigenvalue weighted by atomic mass is 10.1. The third kappa shape index (κ3) is 1.52. The Labute approximate surface area is 95.5 Å². The van der Waals surface area contributed by atoms with Crippen LogP contribution in [0.25, 0.3) is 10.9 Å². The van der Waals surface area contributed by atoms with E-state index in [0.717, 1.165) is 5.69 Å². The fraction of sp³-hybridized carbons (Fsp3) is 0.385. The van der Waals surface area contributed by atoms with Gasteiger partial charge in [0.05, 0.1) is 12.6 Å². The van der Waals surface area contributed by atoms with E-state index in [9.17, 15) is 5.11 Å². The second-order valence-corrected chi connectivity index (χ2v) is 4.38. The molecule has 0 saturated heterocycles. The van der Waals surface area contributed by atoms with Gasteiger partial charge in [-0.2, -0.15) is 0 Å². The molecule has 0 amide bonds. The Balaban J connectivity index is 2.76. The highest BCUT2D eigenvalue weighted by atomic mass is 16.3. The van der Waals surface area contributed by atoms with E-state index in [4.69, 9.17) is 5.73 Å². The number of rotatable bonds is 2. The number of nitrogens with two attached hydrogens (primary N) is 1. The van der Waals surface area contributed by atoms with Crippen molar-refractivity contribution in [3.8, 4) is 0 Å². The first-order valence-corrected chi connectivity index (χ1v) is 5.48. The second kappa shape index (κ2) is 3.92. The second-order valence-electron chi connectivity index (χ2n) is 4.38. The van der Waals surface area contributed by atoms with Gasteiger partial charge >= 0.3 is 0 Å². The summed E-state index contributed by atoms with van der Waals surface area (Å²) in [7, 11) is 2.00. The predicted molar refractivity (Wildman–Crippen MR) is 66.4 cm³/mol. The summed E-state index contributed by atoms with van der Waals surface area (Å²) in [4.78, 5) is 0. The van der Waals surface area contributed by atoms with E-state index < -0.39 is 0 Å². The summed E-state index contributed by atoms with van der Waals surface area (Å²) in [5, 5.41) is 10.4. The third-order valence-electron chi connectivity index (χ3n) is 3.21. The monoisotopic (exact) mass is 218 g/mol. The smallest absolute Gasteiger partial charge is 0.0687 e. The van der Waals surface area contributed by atoms with Crippen molar-refractivity contribution >= 4 is 10.9 Å². The number of aryl methyl sites for hydroxylation is 3. The zero-order valence-corrected chi connectivity index (χ0v) is 9.99. The summed E-state index contributed by atoms with van der Waals surface area (Å²) < 4.78 is 2.07. The average Bonchev–Trinajstić information content (AvgIpc) is 2.51. The number of nitrogens with zero attached hydrogens (tertiary/aromatic N) is 1. The van der Waals surface area contributed by atoms with Crippen molar-refractivity contribution in [3.05, 3.63) is 35.0 Å². The summed E-state index contributed by atoms with van der Waals surface area (Å²) >= 11 is 0. The third-order valence-corrected chi connectivity index (χ3v) is 3.21. The molecule has 0 bridgehead atoms. The molecule has 0 aliphatic heterocycles. The van der Waals surface area contributed by atoms with Gasteiger partial charge in [0.2, 0.25) is 0 Å². The van der Waals surface area contributed by atoms with Crippen LogP contribution in [0.2, 0.25) is 0 Å². The van der Waals surface area contributed by atoms with Crippen LogP contribution in [0.5, 0.6) is 0 Å². The average molecular weight is 218 g/mol. The van der Waals surface area contributed by atoms with Crippen molar-refractivity contribution in [2.75, 3.05) is 6.61 Å². The summed E-state index contributed by atoms with van der Waals surface area (Å²) in [6.07, 6.45) is 0.